The molecule has 2 heterocycles. The maximum atomic E-state index is 6.89. The first-order valence-electron chi connectivity index (χ1n) is 20.8. The van der Waals surface area contributed by atoms with Crippen LogP contribution in [0.15, 0.2) is 217 Å². The van der Waals surface area contributed by atoms with Crippen molar-refractivity contribution in [3.05, 3.63) is 212 Å². The summed E-state index contributed by atoms with van der Waals surface area (Å²) in [5, 5.41) is 14.3. The van der Waals surface area contributed by atoms with E-state index in [4.69, 9.17) is 4.42 Å². The third-order valence-electron chi connectivity index (χ3n) is 12.7. The van der Waals surface area contributed by atoms with Gasteiger partial charge >= 0.3 is 0 Å². The average Bonchev–Trinajstić information content (AvgIpc) is 3.90. The lowest BCUT2D eigenvalue weighted by molar-refractivity contribution is 0.674. The number of rotatable bonds is 5. The zero-order chi connectivity index (χ0) is 40.0. The molecule has 0 unspecified atom stereocenters. The summed E-state index contributed by atoms with van der Waals surface area (Å²) in [7, 11) is 0. The van der Waals surface area contributed by atoms with Crippen LogP contribution < -0.4 is 4.90 Å². The third-order valence-corrected chi connectivity index (χ3v) is 13.8. The molecule has 0 amide bonds. The van der Waals surface area contributed by atoms with Gasteiger partial charge in [0.2, 0.25) is 0 Å². The van der Waals surface area contributed by atoms with Gasteiger partial charge in [-0.25, -0.2) is 0 Å². The molecule has 2 nitrogen and oxygen atoms in total. The molecule has 0 spiro atoms. The maximum absolute atomic E-state index is 6.89. The predicted octanol–water partition coefficient (Wildman–Crippen LogP) is 17.4. The van der Waals surface area contributed by atoms with Crippen LogP contribution in [0.1, 0.15) is 0 Å². The Labute approximate surface area is 355 Å². The van der Waals surface area contributed by atoms with Gasteiger partial charge in [-0.1, -0.05) is 170 Å². The summed E-state index contributed by atoms with van der Waals surface area (Å²) < 4.78 is 9.53. The number of hydrogen-bond donors (Lipinski definition) is 0. The van der Waals surface area contributed by atoms with E-state index < -0.39 is 0 Å². The molecule has 3 heteroatoms. The molecule has 0 fully saturated rings. The lowest BCUT2D eigenvalue weighted by atomic mass is 9.93. The van der Waals surface area contributed by atoms with Gasteiger partial charge < -0.3 is 9.32 Å². The van der Waals surface area contributed by atoms with Crippen molar-refractivity contribution < 1.29 is 4.42 Å². The first-order chi connectivity index (χ1) is 30.3. The number of fused-ring (bicyclic) bond motifs is 11. The van der Waals surface area contributed by atoms with Crippen molar-refractivity contribution in [3.63, 3.8) is 0 Å². The minimum absolute atomic E-state index is 0.910. The van der Waals surface area contributed by atoms with Crippen LogP contribution in [0.5, 0.6) is 0 Å². The van der Waals surface area contributed by atoms with Crippen molar-refractivity contribution in [2.75, 3.05) is 4.90 Å². The maximum Gasteiger partial charge on any atom is 0.143 e. The lowest BCUT2D eigenvalue weighted by Gasteiger charge is -2.30. The molecule has 0 radical (unpaired) electrons. The highest BCUT2D eigenvalue weighted by atomic mass is 32.1. The Balaban J connectivity index is 1.05. The van der Waals surface area contributed by atoms with Crippen molar-refractivity contribution >= 4 is 114 Å². The molecular formula is C58H35NOS. The Morgan fingerprint density at radius 2 is 0.836 bits per heavy atom. The predicted molar refractivity (Wildman–Crippen MR) is 262 cm³/mol. The molecule has 0 bridgehead atoms. The minimum atomic E-state index is 0.910. The number of furan rings is 1. The number of benzene rings is 11. The molecule has 13 aromatic rings. The van der Waals surface area contributed by atoms with E-state index in [1.807, 2.05) is 11.3 Å². The van der Waals surface area contributed by atoms with E-state index in [0.717, 1.165) is 60.9 Å². The summed E-state index contributed by atoms with van der Waals surface area (Å²) in [5.41, 5.74) is 9.88. The second kappa shape index (κ2) is 13.4. The van der Waals surface area contributed by atoms with Crippen molar-refractivity contribution in [1.82, 2.24) is 0 Å². The van der Waals surface area contributed by atoms with Crippen molar-refractivity contribution in [3.8, 4) is 22.3 Å². The van der Waals surface area contributed by atoms with E-state index in [1.54, 1.807) is 0 Å². The summed E-state index contributed by atoms with van der Waals surface area (Å²) in [6, 6.07) is 77.6. The highest BCUT2D eigenvalue weighted by Crippen LogP contribution is 2.49. The smallest absolute Gasteiger partial charge is 0.143 e. The minimum Gasteiger partial charge on any atom is -0.455 e. The Bertz CT molecular complexity index is 3900. The molecule has 61 heavy (non-hydrogen) atoms. The molecule has 11 aromatic carbocycles. The first-order valence-corrected chi connectivity index (χ1v) is 21.6. The van der Waals surface area contributed by atoms with E-state index in [2.05, 4.69) is 217 Å². The monoisotopic (exact) mass is 793 g/mol. The fraction of sp³-hybridized carbons (Fsp3) is 0. The van der Waals surface area contributed by atoms with Gasteiger partial charge in [0.25, 0.3) is 0 Å². The average molecular weight is 794 g/mol. The van der Waals surface area contributed by atoms with Crippen LogP contribution in [0.3, 0.4) is 0 Å². The molecule has 0 saturated heterocycles. The molecule has 284 valence electrons. The Morgan fingerprint density at radius 3 is 1.62 bits per heavy atom. The topological polar surface area (TPSA) is 16.4 Å². The molecule has 0 atom stereocenters. The lowest BCUT2D eigenvalue weighted by Crippen LogP contribution is -2.12. The van der Waals surface area contributed by atoms with Crippen molar-refractivity contribution in [1.29, 1.82) is 0 Å². The Hall–Kier alpha value is -7.72. The number of hydrogen-bond acceptors (Lipinski definition) is 3. The van der Waals surface area contributed by atoms with Gasteiger partial charge in [-0.05, 0) is 80.7 Å². The summed E-state index contributed by atoms with van der Waals surface area (Å²) >= 11 is 1.86. The van der Waals surface area contributed by atoms with Crippen LogP contribution in [0.25, 0.3) is 107 Å². The first kappa shape index (κ1) is 34.2. The highest BCUT2D eigenvalue weighted by molar-refractivity contribution is 7.25. The number of nitrogens with zero attached hydrogens (tertiary/aromatic N) is 1. The van der Waals surface area contributed by atoms with Crippen molar-refractivity contribution in [2.45, 2.75) is 0 Å². The van der Waals surface area contributed by atoms with Crippen LogP contribution in [0, 0.1) is 0 Å². The molecule has 0 saturated carbocycles. The van der Waals surface area contributed by atoms with E-state index in [1.165, 1.54) is 63.6 Å². The summed E-state index contributed by atoms with van der Waals surface area (Å²) in [6.45, 7) is 0. The van der Waals surface area contributed by atoms with Crippen LogP contribution in [-0.2, 0) is 0 Å². The van der Waals surface area contributed by atoms with Crippen LogP contribution in [0.2, 0.25) is 0 Å². The fourth-order valence-corrected chi connectivity index (χ4v) is 11.0. The molecule has 0 aliphatic rings. The van der Waals surface area contributed by atoms with E-state index >= 15 is 0 Å². The summed E-state index contributed by atoms with van der Waals surface area (Å²) in [4.78, 5) is 2.49. The van der Waals surface area contributed by atoms with Gasteiger partial charge in [-0.15, -0.1) is 11.3 Å². The van der Waals surface area contributed by atoms with Gasteiger partial charge in [0.15, 0.2) is 0 Å². The fourth-order valence-electron chi connectivity index (χ4n) is 9.87. The molecule has 0 N–H and O–H groups in total. The molecular weight excluding hydrogens is 759 g/mol. The van der Waals surface area contributed by atoms with Gasteiger partial charge in [-0.3, -0.25) is 0 Å². The molecule has 13 rings (SSSR count). The second-order valence-corrected chi connectivity index (χ2v) is 17.0. The van der Waals surface area contributed by atoms with Crippen LogP contribution in [0.4, 0.5) is 17.1 Å². The Kier molecular flexibility index (Phi) is 7.51. The van der Waals surface area contributed by atoms with E-state index in [-0.39, 0.29) is 0 Å². The number of thiophene rings is 1. The SMILES string of the molecule is c1ccc2c(N(c3ccc(-c4ccc5sc6ccccc6c5c4)c4ccccc34)c3ccc(-c4cccc5c4oc4c6ccccc6ccc54)c4ccccc34)cccc2c1. The standard InChI is InChI=1S/C58H35NOS/c1-3-16-40-36(13-1)15-11-25-52(40)59(53-32-30-39(42-18-5-7-20-45(42)53)38-28-34-56-51(35-38)47-22-9-10-26-55(47)61-56)54-33-31-44(43-19-6-8-21-46(43)54)48-23-12-24-49-50-29-27-37-14-2-4-17-41(37)57(50)60-58(48)49/h1-35H. The zero-order valence-electron chi connectivity index (χ0n) is 33.0. The van der Waals surface area contributed by atoms with Gasteiger partial charge in [0.1, 0.15) is 11.2 Å². The van der Waals surface area contributed by atoms with E-state index in [9.17, 15) is 0 Å². The van der Waals surface area contributed by atoms with Crippen molar-refractivity contribution in [2.24, 2.45) is 0 Å². The molecule has 0 aliphatic heterocycles. The number of para-hydroxylation sites is 1. The van der Waals surface area contributed by atoms with Crippen LogP contribution in [-0.4, -0.2) is 0 Å². The van der Waals surface area contributed by atoms with Gasteiger partial charge in [0.05, 0.1) is 17.1 Å². The quantitative estimate of drug-likeness (QED) is 0.173. The van der Waals surface area contributed by atoms with Gasteiger partial charge in [0, 0.05) is 58.1 Å². The summed E-state index contributed by atoms with van der Waals surface area (Å²) in [5.74, 6) is 0. The molecule has 2 aromatic heterocycles. The second-order valence-electron chi connectivity index (χ2n) is 15.9. The third kappa shape index (κ3) is 5.21. The van der Waals surface area contributed by atoms with E-state index in [0.29, 0.717) is 0 Å². The number of anilines is 3. The normalized spacial score (nSPS) is 11.9. The zero-order valence-corrected chi connectivity index (χ0v) is 33.8. The Morgan fingerprint density at radius 1 is 0.295 bits per heavy atom. The summed E-state index contributed by atoms with van der Waals surface area (Å²) in [6.07, 6.45) is 0. The van der Waals surface area contributed by atoms with Gasteiger partial charge in [-0.2, -0.15) is 0 Å². The molecule has 0 aliphatic carbocycles. The van der Waals surface area contributed by atoms with Crippen LogP contribution >= 0.6 is 11.3 Å². The highest BCUT2D eigenvalue weighted by Gasteiger charge is 2.23. The largest absolute Gasteiger partial charge is 0.455 e.